The molecule has 0 saturated carbocycles. The highest BCUT2D eigenvalue weighted by Gasteiger charge is 2.35. The van der Waals surface area contributed by atoms with Gasteiger partial charge in [0.15, 0.2) is 0 Å². The third-order valence-corrected chi connectivity index (χ3v) is 3.75. The van der Waals surface area contributed by atoms with Crippen molar-refractivity contribution in [2.75, 3.05) is 33.4 Å². The SMILES string of the molecule is CCNC(=O)CNC(=O)c1ccc2c(c1)C(=O)N(CCCOC)C2=O. The van der Waals surface area contributed by atoms with Crippen molar-refractivity contribution in [3.8, 4) is 0 Å². The molecule has 0 unspecified atom stereocenters. The number of rotatable bonds is 8. The van der Waals surface area contributed by atoms with Gasteiger partial charge in [-0.3, -0.25) is 24.1 Å². The van der Waals surface area contributed by atoms with Crippen LogP contribution >= 0.6 is 0 Å². The Kier molecular flexibility index (Phi) is 6.24. The summed E-state index contributed by atoms with van der Waals surface area (Å²) >= 11 is 0. The Morgan fingerprint density at radius 1 is 1.12 bits per heavy atom. The van der Waals surface area contributed by atoms with Crippen LogP contribution in [-0.4, -0.2) is 61.9 Å². The monoisotopic (exact) mass is 347 g/mol. The number of fused-ring (bicyclic) bond motifs is 1. The lowest BCUT2D eigenvalue weighted by molar-refractivity contribution is -0.120. The number of nitrogens with one attached hydrogen (secondary N) is 2. The molecule has 1 aromatic carbocycles. The minimum atomic E-state index is -0.480. The van der Waals surface area contributed by atoms with E-state index in [-0.39, 0.29) is 41.6 Å². The van der Waals surface area contributed by atoms with Crippen LogP contribution in [0.25, 0.3) is 0 Å². The smallest absolute Gasteiger partial charge is 0.261 e. The van der Waals surface area contributed by atoms with Crippen LogP contribution in [0, 0.1) is 0 Å². The predicted molar refractivity (Wildman–Crippen MR) is 89.3 cm³/mol. The molecule has 0 aromatic heterocycles. The van der Waals surface area contributed by atoms with Crippen molar-refractivity contribution in [2.45, 2.75) is 13.3 Å². The van der Waals surface area contributed by atoms with E-state index in [1.165, 1.54) is 18.2 Å². The molecule has 0 spiro atoms. The van der Waals surface area contributed by atoms with Crippen molar-refractivity contribution in [3.05, 3.63) is 34.9 Å². The van der Waals surface area contributed by atoms with Gasteiger partial charge in [0.05, 0.1) is 17.7 Å². The highest BCUT2D eigenvalue weighted by atomic mass is 16.5. The van der Waals surface area contributed by atoms with Crippen molar-refractivity contribution in [1.82, 2.24) is 15.5 Å². The summed E-state index contributed by atoms with van der Waals surface area (Å²) in [5.41, 5.74) is 0.707. The van der Waals surface area contributed by atoms with Gasteiger partial charge in [-0.05, 0) is 31.5 Å². The lowest BCUT2D eigenvalue weighted by Crippen LogP contribution is -2.36. The fourth-order valence-electron chi connectivity index (χ4n) is 2.52. The van der Waals surface area contributed by atoms with Gasteiger partial charge < -0.3 is 15.4 Å². The second-order valence-corrected chi connectivity index (χ2v) is 5.50. The number of hydrogen-bond acceptors (Lipinski definition) is 5. The molecule has 2 rings (SSSR count). The van der Waals surface area contributed by atoms with Gasteiger partial charge >= 0.3 is 0 Å². The topological polar surface area (TPSA) is 105 Å². The van der Waals surface area contributed by atoms with Gasteiger partial charge in [-0.15, -0.1) is 0 Å². The number of carbonyl (C=O) groups excluding carboxylic acids is 4. The molecular weight excluding hydrogens is 326 g/mol. The Morgan fingerprint density at radius 3 is 2.52 bits per heavy atom. The number of benzene rings is 1. The minimum Gasteiger partial charge on any atom is -0.385 e. The molecule has 1 aromatic rings. The first kappa shape index (κ1) is 18.6. The Morgan fingerprint density at radius 2 is 1.84 bits per heavy atom. The number of methoxy groups -OCH3 is 1. The largest absolute Gasteiger partial charge is 0.385 e. The van der Waals surface area contributed by atoms with Crippen LogP contribution in [0.3, 0.4) is 0 Å². The molecule has 0 bridgehead atoms. The lowest BCUT2D eigenvalue weighted by atomic mass is 10.1. The number of hydrogen-bond donors (Lipinski definition) is 2. The van der Waals surface area contributed by atoms with Crippen molar-refractivity contribution in [3.63, 3.8) is 0 Å². The molecule has 0 aliphatic carbocycles. The summed E-state index contributed by atoms with van der Waals surface area (Å²) in [6.07, 6.45) is 0.544. The fourth-order valence-corrected chi connectivity index (χ4v) is 2.52. The molecule has 134 valence electrons. The molecule has 1 aliphatic rings. The van der Waals surface area contributed by atoms with E-state index in [9.17, 15) is 19.2 Å². The number of imide groups is 1. The minimum absolute atomic E-state index is 0.153. The van der Waals surface area contributed by atoms with E-state index < -0.39 is 11.8 Å². The van der Waals surface area contributed by atoms with Crippen molar-refractivity contribution >= 4 is 23.6 Å². The van der Waals surface area contributed by atoms with Crippen LogP contribution in [0.1, 0.15) is 44.4 Å². The van der Waals surface area contributed by atoms with E-state index in [2.05, 4.69) is 10.6 Å². The second-order valence-electron chi connectivity index (χ2n) is 5.50. The van der Waals surface area contributed by atoms with E-state index in [0.717, 1.165) is 4.90 Å². The Bertz CT molecular complexity index is 702. The molecule has 25 heavy (non-hydrogen) atoms. The lowest BCUT2D eigenvalue weighted by Gasteiger charge is -2.12. The fraction of sp³-hybridized carbons (Fsp3) is 0.412. The van der Waals surface area contributed by atoms with E-state index in [1.807, 2.05) is 0 Å². The van der Waals surface area contributed by atoms with Gasteiger partial charge in [0.1, 0.15) is 0 Å². The first-order valence-electron chi connectivity index (χ1n) is 8.03. The average Bonchev–Trinajstić information content (AvgIpc) is 2.84. The molecule has 8 heteroatoms. The van der Waals surface area contributed by atoms with Crippen molar-refractivity contribution in [2.24, 2.45) is 0 Å². The normalized spacial score (nSPS) is 13.0. The number of nitrogens with zero attached hydrogens (tertiary/aromatic N) is 1. The number of amides is 4. The quantitative estimate of drug-likeness (QED) is 0.516. The molecule has 1 heterocycles. The summed E-state index contributed by atoms with van der Waals surface area (Å²) in [5, 5.41) is 5.04. The summed E-state index contributed by atoms with van der Waals surface area (Å²) < 4.78 is 4.93. The van der Waals surface area contributed by atoms with Gasteiger partial charge in [-0.2, -0.15) is 0 Å². The maximum absolute atomic E-state index is 12.4. The standard InChI is InChI=1S/C17H21N3O5/c1-3-18-14(21)10-19-15(22)11-5-6-12-13(9-11)17(24)20(16(12)23)7-4-8-25-2/h5-6,9H,3-4,7-8,10H2,1-2H3,(H,18,21)(H,19,22). The van der Waals surface area contributed by atoms with Gasteiger partial charge in [0.2, 0.25) is 5.91 Å². The van der Waals surface area contributed by atoms with E-state index in [4.69, 9.17) is 4.74 Å². The molecule has 0 saturated heterocycles. The molecule has 8 nitrogen and oxygen atoms in total. The van der Waals surface area contributed by atoms with Crippen LogP contribution < -0.4 is 10.6 Å². The summed E-state index contributed by atoms with van der Waals surface area (Å²) in [6, 6.07) is 4.32. The Hall–Kier alpha value is -2.74. The zero-order valence-electron chi connectivity index (χ0n) is 14.3. The zero-order chi connectivity index (χ0) is 18.4. The molecular formula is C17H21N3O5. The van der Waals surface area contributed by atoms with Gasteiger partial charge in [-0.25, -0.2) is 0 Å². The third-order valence-electron chi connectivity index (χ3n) is 3.75. The van der Waals surface area contributed by atoms with Crippen molar-refractivity contribution in [1.29, 1.82) is 0 Å². The molecule has 0 atom stereocenters. The molecule has 0 radical (unpaired) electrons. The summed E-state index contributed by atoms with van der Waals surface area (Å²) in [6.45, 7) is 2.81. The van der Waals surface area contributed by atoms with Crippen LogP contribution in [-0.2, 0) is 9.53 Å². The third kappa shape index (κ3) is 4.21. The molecule has 4 amide bonds. The average molecular weight is 347 g/mol. The summed E-state index contributed by atoms with van der Waals surface area (Å²) in [4.78, 5) is 49.3. The first-order valence-corrected chi connectivity index (χ1v) is 8.03. The highest BCUT2D eigenvalue weighted by Crippen LogP contribution is 2.24. The van der Waals surface area contributed by atoms with E-state index >= 15 is 0 Å². The van der Waals surface area contributed by atoms with E-state index in [0.29, 0.717) is 19.6 Å². The molecule has 2 N–H and O–H groups in total. The van der Waals surface area contributed by atoms with Gasteiger partial charge in [0.25, 0.3) is 17.7 Å². The van der Waals surface area contributed by atoms with Crippen LogP contribution in [0.2, 0.25) is 0 Å². The summed E-state index contributed by atoms with van der Waals surface area (Å²) in [7, 11) is 1.55. The molecule has 1 aliphatic heterocycles. The number of likely N-dealkylation sites (N-methyl/N-ethyl adjacent to an activating group) is 1. The first-order chi connectivity index (χ1) is 12.0. The second kappa shape index (κ2) is 8.39. The van der Waals surface area contributed by atoms with Gasteiger partial charge in [-0.1, -0.05) is 0 Å². The van der Waals surface area contributed by atoms with Crippen LogP contribution in [0.4, 0.5) is 0 Å². The van der Waals surface area contributed by atoms with Gasteiger partial charge in [0, 0.05) is 32.4 Å². The Labute approximate surface area is 145 Å². The summed E-state index contributed by atoms with van der Waals surface area (Å²) in [5.74, 6) is -1.57. The van der Waals surface area contributed by atoms with Crippen LogP contribution in [0.15, 0.2) is 18.2 Å². The highest BCUT2D eigenvalue weighted by molar-refractivity contribution is 6.22. The number of carbonyl (C=O) groups is 4. The number of ether oxygens (including phenoxy) is 1. The maximum atomic E-state index is 12.4. The maximum Gasteiger partial charge on any atom is 0.261 e. The predicted octanol–water partition coefficient (Wildman–Crippen LogP) is 0.185. The Balaban J connectivity index is 2.08. The van der Waals surface area contributed by atoms with E-state index in [1.54, 1.807) is 14.0 Å². The van der Waals surface area contributed by atoms with Crippen molar-refractivity contribution < 1.29 is 23.9 Å². The molecule has 0 fully saturated rings. The zero-order valence-corrected chi connectivity index (χ0v) is 14.3. The van der Waals surface area contributed by atoms with Crippen LogP contribution in [0.5, 0.6) is 0 Å².